The summed E-state index contributed by atoms with van der Waals surface area (Å²) in [4.78, 5) is 77.2. The molecule has 14 heteroatoms. The molecule has 8 N–H and O–H groups in total. The number of carboxylic acids is 3. The van der Waals surface area contributed by atoms with E-state index < -0.39 is 79.1 Å². The Bertz CT molecular complexity index is 1280. The van der Waals surface area contributed by atoms with Crippen LogP contribution < -0.4 is 16.4 Å². The normalized spacial score (nSPS) is 17.1. The van der Waals surface area contributed by atoms with Crippen molar-refractivity contribution in [3.05, 3.63) is 36.0 Å². The van der Waals surface area contributed by atoms with Crippen LogP contribution in [0.2, 0.25) is 0 Å². The van der Waals surface area contributed by atoms with Crippen molar-refractivity contribution in [3.8, 4) is 0 Å². The van der Waals surface area contributed by atoms with Crippen molar-refractivity contribution in [3.63, 3.8) is 0 Å². The molecule has 1 saturated heterocycles. The summed E-state index contributed by atoms with van der Waals surface area (Å²) in [5.41, 5.74) is 7.98. The van der Waals surface area contributed by atoms with Crippen LogP contribution in [-0.4, -0.2) is 91.5 Å². The number of hydrogen-bond acceptors (Lipinski definition) is 7. The third-order valence-electron chi connectivity index (χ3n) is 6.81. The molecular formula is C26H33N5O9. The standard InChI is InChI=1S/C26H33N5O9/c27-16(12-14-13-28-17-5-2-1-4-15(14)17)25(38)31-11-3-6-20(31)24(37)29-18(7-9-21(32)33)23(36)30-19(26(39)40)8-10-22(34)35/h1-2,4-5,13,16,18-20,28H,3,6-12,27H2,(H,29,37)(H,30,36)(H,32,33)(H,34,35)(H,39,40). The van der Waals surface area contributed by atoms with Crippen molar-refractivity contribution in [1.29, 1.82) is 0 Å². The second-order valence-corrected chi connectivity index (χ2v) is 9.69. The number of fused-ring (bicyclic) bond motifs is 1. The van der Waals surface area contributed by atoms with Crippen LogP contribution in [0.15, 0.2) is 30.5 Å². The van der Waals surface area contributed by atoms with Crippen LogP contribution in [0.25, 0.3) is 10.9 Å². The smallest absolute Gasteiger partial charge is 0.326 e. The molecule has 2 heterocycles. The summed E-state index contributed by atoms with van der Waals surface area (Å²) in [5.74, 6) is -6.10. The van der Waals surface area contributed by atoms with Gasteiger partial charge in [-0.25, -0.2) is 4.79 Å². The molecule has 40 heavy (non-hydrogen) atoms. The maximum Gasteiger partial charge on any atom is 0.326 e. The predicted octanol–water partition coefficient (Wildman–Crippen LogP) is -0.187. The van der Waals surface area contributed by atoms with Crippen LogP contribution in [0.1, 0.15) is 44.1 Å². The van der Waals surface area contributed by atoms with E-state index in [2.05, 4.69) is 15.6 Å². The first-order valence-electron chi connectivity index (χ1n) is 12.9. The summed E-state index contributed by atoms with van der Waals surface area (Å²) in [6.07, 6.45) is 1.01. The van der Waals surface area contributed by atoms with Gasteiger partial charge in [-0.05, 0) is 43.7 Å². The van der Waals surface area contributed by atoms with Gasteiger partial charge in [-0.2, -0.15) is 0 Å². The van der Waals surface area contributed by atoms with Crippen molar-refractivity contribution in [2.24, 2.45) is 5.73 Å². The van der Waals surface area contributed by atoms with Gasteiger partial charge < -0.3 is 41.6 Å². The fourth-order valence-corrected chi connectivity index (χ4v) is 4.74. The minimum absolute atomic E-state index is 0.226. The maximum absolute atomic E-state index is 13.2. The van der Waals surface area contributed by atoms with Crippen LogP contribution >= 0.6 is 0 Å². The van der Waals surface area contributed by atoms with E-state index >= 15 is 0 Å². The van der Waals surface area contributed by atoms with E-state index in [1.165, 1.54) is 4.90 Å². The van der Waals surface area contributed by atoms with Crippen molar-refractivity contribution in [1.82, 2.24) is 20.5 Å². The van der Waals surface area contributed by atoms with E-state index in [1.807, 2.05) is 24.3 Å². The van der Waals surface area contributed by atoms with Gasteiger partial charge in [0, 0.05) is 36.5 Å². The molecule has 1 aliphatic heterocycles. The number of carbonyl (C=O) groups excluding carboxylic acids is 3. The number of aliphatic carboxylic acids is 3. The Hall–Kier alpha value is -4.46. The first-order chi connectivity index (χ1) is 19.0. The number of carbonyl (C=O) groups is 6. The van der Waals surface area contributed by atoms with E-state index in [-0.39, 0.29) is 19.4 Å². The summed E-state index contributed by atoms with van der Waals surface area (Å²) < 4.78 is 0. The van der Waals surface area contributed by atoms with Gasteiger partial charge in [-0.15, -0.1) is 0 Å². The highest BCUT2D eigenvalue weighted by Gasteiger charge is 2.38. The maximum atomic E-state index is 13.2. The average molecular weight is 560 g/mol. The van der Waals surface area contributed by atoms with Gasteiger partial charge in [-0.3, -0.25) is 24.0 Å². The van der Waals surface area contributed by atoms with E-state index in [0.29, 0.717) is 12.8 Å². The molecule has 3 amide bonds. The van der Waals surface area contributed by atoms with Crippen molar-refractivity contribution < 1.29 is 44.1 Å². The number of hydrogen-bond donors (Lipinski definition) is 7. The summed E-state index contributed by atoms with van der Waals surface area (Å²) in [6, 6.07) is 2.68. The largest absolute Gasteiger partial charge is 0.481 e. The first-order valence-corrected chi connectivity index (χ1v) is 12.9. The lowest BCUT2D eigenvalue weighted by Crippen LogP contribution is -2.56. The molecule has 3 rings (SSSR count). The van der Waals surface area contributed by atoms with E-state index in [9.17, 15) is 33.9 Å². The van der Waals surface area contributed by atoms with Gasteiger partial charge in [0.15, 0.2) is 0 Å². The SMILES string of the molecule is NC(Cc1c[nH]c2ccccc12)C(=O)N1CCCC1C(=O)NC(CCC(=O)O)C(=O)NC(CCC(=O)O)C(=O)O. The number of likely N-dealkylation sites (tertiary alicyclic amines) is 1. The van der Waals surface area contributed by atoms with Gasteiger partial charge in [0.1, 0.15) is 18.1 Å². The van der Waals surface area contributed by atoms with Crippen molar-refractivity contribution in [2.75, 3.05) is 6.54 Å². The summed E-state index contributed by atoms with van der Waals surface area (Å²) in [7, 11) is 0. The molecule has 1 aromatic carbocycles. The molecule has 2 aromatic rings. The monoisotopic (exact) mass is 559 g/mol. The van der Waals surface area contributed by atoms with Gasteiger partial charge in [0.25, 0.3) is 0 Å². The highest BCUT2D eigenvalue weighted by Crippen LogP contribution is 2.22. The fraction of sp³-hybridized carbons (Fsp3) is 0.462. The van der Waals surface area contributed by atoms with E-state index in [1.54, 1.807) is 6.20 Å². The number of carboxylic acid groups (broad SMARTS) is 3. The molecule has 1 fully saturated rings. The van der Waals surface area contributed by atoms with Crippen LogP contribution in [0.3, 0.4) is 0 Å². The minimum atomic E-state index is -1.56. The minimum Gasteiger partial charge on any atom is -0.481 e. The van der Waals surface area contributed by atoms with E-state index in [0.717, 1.165) is 16.5 Å². The molecule has 0 radical (unpaired) electrons. The van der Waals surface area contributed by atoms with Crippen molar-refractivity contribution >= 4 is 46.5 Å². The Kier molecular flexibility index (Phi) is 10.2. The lowest BCUT2D eigenvalue weighted by Gasteiger charge is -2.28. The number of amides is 3. The number of nitrogens with two attached hydrogens (primary N) is 1. The Balaban J connectivity index is 1.68. The highest BCUT2D eigenvalue weighted by atomic mass is 16.4. The zero-order valence-electron chi connectivity index (χ0n) is 21.7. The van der Waals surface area contributed by atoms with Gasteiger partial charge in [-0.1, -0.05) is 18.2 Å². The zero-order chi connectivity index (χ0) is 29.4. The first kappa shape index (κ1) is 30.1. The quantitative estimate of drug-likeness (QED) is 0.161. The molecule has 216 valence electrons. The average Bonchev–Trinajstić information content (AvgIpc) is 3.55. The number of nitrogens with zero attached hydrogens (tertiary/aromatic N) is 1. The Morgan fingerprint density at radius 3 is 2.27 bits per heavy atom. The molecule has 0 saturated carbocycles. The topological polar surface area (TPSA) is 232 Å². The molecule has 14 nitrogen and oxygen atoms in total. The van der Waals surface area contributed by atoms with Crippen LogP contribution in [-0.2, 0) is 35.2 Å². The molecule has 1 aliphatic rings. The van der Waals surface area contributed by atoms with Gasteiger partial charge >= 0.3 is 17.9 Å². The summed E-state index contributed by atoms with van der Waals surface area (Å²) in [5, 5.41) is 32.8. The number of rotatable bonds is 14. The molecule has 0 bridgehead atoms. The second-order valence-electron chi connectivity index (χ2n) is 9.69. The number of H-pyrrole nitrogens is 1. The number of aromatic amines is 1. The Morgan fingerprint density at radius 1 is 0.975 bits per heavy atom. The predicted molar refractivity (Wildman–Crippen MR) is 140 cm³/mol. The second kappa shape index (κ2) is 13.6. The lowest BCUT2D eigenvalue weighted by atomic mass is 10.0. The summed E-state index contributed by atoms with van der Waals surface area (Å²) in [6.45, 7) is 0.265. The number of nitrogens with one attached hydrogen (secondary N) is 3. The molecule has 4 atom stereocenters. The molecule has 4 unspecified atom stereocenters. The number of para-hydroxylation sites is 1. The van der Waals surface area contributed by atoms with E-state index in [4.69, 9.17) is 15.9 Å². The zero-order valence-corrected chi connectivity index (χ0v) is 21.7. The number of benzene rings is 1. The van der Waals surface area contributed by atoms with Gasteiger partial charge in [0.05, 0.1) is 6.04 Å². The highest BCUT2D eigenvalue weighted by molar-refractivity contribution is 5.95. The van der Waals surface area contributed by atoms with Crippen LogP contribution in [0, 0.1) is 0 Å². The summed E-state index contributed by atoms with van der Waals surface area (Å²) >= 11 is 0. The lowest BCUT2D eigenvalue weighted by molar-refractivity contribution is -0.144. The van der Waals surface area contributed by atoms with Crippen molar-refractivity contribution in [2.45, 2.75) is 69.1 Å². The van der Waals surface area contributed by atoms with Gasteiger partial charge in [0.2, 0.25) is 17.7 Å². The number of aromatic nitrogens is 1. The Morgan fingerprint density at radius 2 is 1.62 bits per heavy atom. The Labute approximate surface area is 228 Å². The third-order valence-corrected chi connectivity index (χ3v) is 6.81. The third kappa shape index (κ3) is 7.79. The van der Waals surface area contributed by atoms with Crippen LogP contribution in [0.5, 0.6) is 0 Å². The molecule has 1 aromatic heterocycles. The fourth-order valence-electron chi connectivity index (χ4n) is 4.74. The van der Waals surface area contributed by atoms with Crippen LogP contribution in [0.4, 0.5) is 0 Å². The molecular weight excluding hydrogens is 526 g/mol. The molecule has 0 aliphatic carbocycles. The molecule has 0 spiro atoms.